The van der Waals surface area contributed by atoms with Crippen molar-refractivity contribution >= 4 is 21.9 Å². The summed E-state index contributed by atoms with van der Waals surface area (Å²) >= 11 is 3.03. The second-order valence-electron chi connectivity index (χ2n) is 1.97. The van der Waals surface area contributed by atoms with E-state index < -0.39 is 12.0 Å². The molecule has 0 saturated heterocycles. The van der Waals surface area contributed by atoms with Gasteiger partial charge in [0.05, 0.1) is 6.26 Å². The zero-order valence-corrected chi connectivity index (χ0v) is 7.04. The predicted molar refractivity (Wildman–Crippen MR) is 41.0 cm³/mol. The number of nitrogens with two attached hydrogens (primary N) is 1. The standard InChI is InChI=1S/C6H6BrNO3/c7-5-3(1-2-11-5)4(8)6(9)10/h1-2,4H,8H2,(H,9,10). The average molecular weight is 220 g/mol. The lowest BCUT2D eigenvalue weighted by atomic mass is 10.2. The molecule has 1 atom stereocenters. The highest BCUT2D eigenvalue weighted by molar-refractivity contribution is 9.10. The Morgan fingerprint density at radius 2 is 2.45 bits per heavy atom. The van der Waals surface area contributed by atoms with Crippen LogP contribution in [0.3, 0.4) is 0 Å². The molecule has 5 heteroatoms. The fourth-order valence-electron chi connectivity index (χ4n) is 0.660. The van der Waals surface area contributed by atoms with Gasteiger partial charge in [0.2, 0.25) is 0 Å². The van der Waals surface area contributed by atoms with Gasteiger partial charge in [-0.05, 0) is 22.0 Å². The van der Waals surface area contributed by atoms with Crippen molar-refractivity contribution in [3.05, 3.63) is 22.6 Å². The maximum absolute atomic E-state index is 10.4. The van der Waals surface area contributed by atoms with Crippen LogP contribution in [0.4, 0.5) is 0 Å². The number of carboxylic acids is 1. The molecule has 0 aliphatic rings. The Morgan fingerprint density at radius 3 is 2.82 bits per heavy atom. The van der Waals surface area contributed by atoms with Crippen LogP contribution in [0.1, 0.15) is 11.6 Å². The van der Waals surface area contributed by atoms with Gasteiger partial charge in [-0.2, -0.15) is 0 Å². The molecule has 1 unspecified atom stereocenters. The first-order valence-corrected chi connectivity index (χ1v) is 3.63. The SMILES string of the molecule is NC(C(=O)O)c1ccoc1Br. The first-order chi connectivity index (χ1) is 5.13. The predicted octanol–water partition coefficient (Wildman–Crippen LogP) is 1.13. The molecule has 0 aromatic carbocycles. The topological polar surface area (TPSA) is 76.5 Å². The van der Waals surface area contributed by atoms with Gasteiger partial charge in [-0.1, -0.05) is 0 Å². The van der Waals surface area contributed by atoms with E-state index in [1.54, 1.807) is 0 Å². The van der Waals surface area contributed by atoms with E-state index in [0.717, 1.165) is 0 Å². The van der Waals surface area contributed by atoms with E-state index in [0.29, 0.717) is 10.2 Å². The van der Waals surface area contributed by atoms with Crippen molar-refractivity contribution in [3.8, 4) is 0 Å². The minimum atomic E-state index is -1.08. The number of rotatable bonds is 2. The van der Waals surface area contributed by atoms with Gasteiger partial charge in [0.25, 0.3) is 0 Å². The molecule has 1 aromatic heterocycles. The highest BCUT2D eigenvalue weighted by Gasteiger charge is 2.18. The Kier molecular flexibility index (Phi) is 2.31. The van der Waals surface area contributed by atoms with Gasteiger partial charge in [-0.15, -0.1) is 0 Å². The van der Waals surface area contributed by atoms with Crippen molar-refractivity contribution in [1.82, 2.24) is 0 Å². The zero-order chi connectivity index (χ0) is 8.43. The van der Waals surface area contributed by atoms with Crippen LogP contribution in [-0.4, -0.2) is 11.1 Å². The molecule has 60 valence electrons. The van der Waals surface area contributed by atoms with Gasteiger partial charge in [-0.25, -0.2) is 0 Å². The molecule has 0 bridgehead atoms. The van der Waals surface area contributed by atoms with E-state index in [1.807, 2.05) is 0 Å². The van der Waals surface area contributed by atoms with Crippen molar-refractivity contribution < 1.29 is 14.3 Å². The van der Waals surface area contributed by atoms with E-state index in [9.17, 15) is 4.79 Å². The lowest BCUT2D eigenvalue weighted by Gasteiger charge is -2.01. The zero-order valence-electron chi connectivity index (χ0n) is 5.45. The van der Waals surface area contributed by atoms with Crippen molar-refractivity contribution in [2.45, 2.75) is 6.04 Å². The quantitative estimate of drug-likeness (QED) is 0.782. The van der Waals surface area contributed by atoms with Gasteiger partial charge >= 0.3 is 5.97 Å². The number of hydrogen-bond donors (Lipinski definition) is 2. The van der Waals surface area contributed by atoms with Gasteiger partial charge < -0.3 is 15.3 Å². The molecule has 0 saturated carbocycles. The molecule has 3 N–H and O–H groups in total. The first-order valence-electron chi connectivity index (χ1n) is 2.84. The molecule has 0 aliphatic heterocycles. The minimum absolute atomic E-state index is 0.368. The van der Waals surface area contributed by atoms with Gasteiger partial charge in [0.15, 0.2) is 4.67 Å². The maximum atomic E-state index is 10.4. The van der Waals surface area contributed by atoms with Crippen LogP contribution in [0.15, 0.2) is 21.4 Å². The van der Waals surface area contributed by atoms with Crippen LogP contribution in [0.25, 0.3) is 0 Å². The lowest BCUT2D eigenvalue weighted by molar-refractivity contribution is -0.138. The Hall–Kier alpha value is -0.810. The molecule has 0 radical (unpaired) electrons. The molecule has 0 spiro atoms. The second-order valence-corrected chi connectivity index (χ2v) is 2.69. The molecule has 11 heavy (non-hydrogen) atoms. The second kappa shape index (κ2) is 3.06. The summed E-state index contributed by atoms with van der Waals surface area (Å²) < 4.78 is 5.18. The third-order valence-electron chi connectivity index (χ3n) is 1.25. The van der Waals surface area contributed by atoms with Crippen molar-refractivity contribution in [1.29, 1.82) is 0 Å². The maximum Gasteiger partial charge on any atom is 0.325 e. The molecule has 4 nitrogen and oxygen atoms in total. The number of hydrogen-bond acceptors (Lipinski definition) is 3. The smallest absolute Gasteiger partial charge is 0.325 e. The van der Waals surface area contributed by atoms with Crippen LogP contribution in [0.5, 0.6) is 0 Å². The lowest BCUT2D eigenvalue weighted by Crippen LogP contribution is -2.20. The summed E-state index contributed by atoms with van der Waals surface area (Å²) in [5, 5.41) is 8.49. The van der Waals surface area contributed by atoms with E-state index >= 15 is 0 Å². The average Bonchev–Trinajstić information content (AvgIpc) is 2.33. The third-order valence-corrected chi connectivity index (χ3v) is 1.89. The van der Waals surface area contributed by atoms with E-state index in [1.165, 1.54) is 12.3 Å². The van der Waals surface area contributed by atoms with Crippen LogP contribution in [0.2, 0.25) is 0 Å². The molecule has 1 heterocycles. The highest BCUT2D eigenvalue weighted by atomic mass is 79.9. The summed E-state index contributed by atoms with van der Waals surface area (Å²) in [4.78, 5) is 10.4. The Bertz CT molecular complexity index is 271. The molecule has 1 rings (SSSR count). The fourth-order valence-corrected chi connectivity index (χ4v) is 1.15. The molecule has 0 fully saturated rings. The molecule has 0 amide bonds. The number of carbonyl (C=O) groups is 1. The molecule has 1 aromatic rings. The van der Waals surface area contributed by atoms with Crippen LogP contribution >= 0.6 is 15.9 Å². The molecular weight excluding hydrogens is 214 g/mol. The van der Waals surface area contributed by atoms with Gasteiger partial charge in [0.1, 0.15) is 6.04 Å². The first kappa shape index (κ1) is 8.29. The summed E-state index contributed by atoms with van der Waals surface area (Å²) in [5.41, 5.74) is 5.74. The number of aliphatic carboxylic acids is 1. The van der Waals surface area contributed by atoms with Gasteiger partial charge in [-0.3, -0.25) is 4.79 Å². The van der Waals surface area contributed by atoms with Crippen molar-refractivity contribution in [3.63, 3.8) is 0 Å². The van der Waals surface area contributed by atoms with E-state index in [2.05, 4.69) is 15.9 Å². The summed E-state index contributed by atoms with van der Waals surface area (Å²) in [7, 11) is 0. The Morgan fingerprint density at radius 1 is 1.82 bits per heavy atom. The van der Waals surface area contributed by atoms with E-state index in [4.69, 9.17) is 15.3 Å². The van der Waals surface area contributed by atoms with Crippen molar-refractivity contribution in [2.75, 3.05) is 0 Å². The summed E-state index contributed by atoms with van der Waals surface area (Å²) in [6.07, 6.45) is 1.38. The monoisotopic (exact) mass is 219 g/mol. The van der Waals surface area contributed by atoms with Gasteiger partial charge in [0, 0.05) is 5.56 Å². The summed E-state index contributed by atoms with van der Waals surface area (Å²) in [6, 6.07) is 0.492. The normalized spacial score (nSPS) is 12.9. The molecular formula is C6H6BrNO3. The largest absolute Gasteiger partial charge is 0.480 e. The Labute approximate surface area is 71.1 Å². The third kappa shape index (κ3) is 1.61. The summed E-state index contributed by atoms with van der Waals surface area (Å²) in [5.74, 6) is -1.08. The van der Waals surface area contributed by atoms with Crippen molar-refractivity contribution in [2.24, 2.45) is 5.73 Å². The number of carboxylic acid groups (broad SMARTS) is 1. The van der Waals surface area contributed by atoms with Crippen LogP contribution < -0.4 is 5.73 Å². The fraction of sp³-hybridized carbons (Fsp3) is 0.167. The van der Waals surface area contributed by atoms with Crippen LogP contribution in [-0.2, 0) is 4.79 Å². The minimum Gasteiger partial charge on any atom is -0.480 e. The van der Waals surface area contributed by atoms with Crippen LogP contribution in [0, 0.1) is 0 Å². The highest BCUT2D eigenvalue weighted by Crippen LogP contribution is 2.22. The Balaban J connectivity index is 2.92. The summed E-state index contributed by atoms with van der Waals surface area (Å²) in [6.45, 7) is 0. The molecule has 0 aliphatic carbocycles. The number of furan rings is 1. The number of halogens is 1. The van der Waals surface area contributed by atoms with E-state index in [-0.39, 0.29) is 0 Å².